The van der Waals surface area contributed by atoms with E-state index in [1.165, 1.54) is 27.4 Å². The van der Waals surface area contributed by atoms with E-state index in [-0.39, 0.29) is 41.0 Å². The van der Waals surface area contributed by atoms with Gasteiger partial charge in [0.15, 0.2) is 11.5 Å². The lowest BCUT2D eigenvalue weighted by Crippen LogP contribution is -2.35. The van der Waals surface area contributed by atoms with Crippen molar-refractivity contribution in [3.8, 4) is 11.5 Å². The zero-order chi connectivity index (χ0) is 24.0. The van der Waals surface area contributed by atoms with Crippen LogP contribution in [0.25, 0.3) is 0 Å². The van der Waals surface area contributed by atoms with Crippen LogP contribution in [-0.4, -0.2) is 56.9 Å². The summed E-state index contributed by atoms with van der Waals surface area (Å²) in [4.78, 5) is 14.5. The molecule has 0 atom stereocenters. The molecule has 3 rings (SSSR count). The first kappa shape index (κ1) is 24.9. The molecule has 0 radical (unpaired) electrons. The Morgan fingerprint density at radius 1 is 1.09 bits per heavy atom. The first-order valence-electron chi connectivity index (χ1n) is 10.8. The third kappa shape index (κ3) is 6.20. The smallest absolute Gasteiger partial charge is 0.387 e. The van der Waals surface area contributed by atoms with Gasteiger partial charge in [0.05, 0.1) is 11.5 Å². The summed E-state index contributed by atoms with van der Waals surface area (Å²) in [5.74, 6) is -0.289. The summed E-state index contributed by atoms with van der Waals surface area (Å²) in [6.45, 7) is 0.126. The van der Waals surface area contributed by atoms with E-state index in [1.54, 1.807) is 38.2 Å². The molecule has 2 aromatic carbocycles. The number of halogens is 2. The lowest BCUT2D eigenvalue weighted by atomic mass is 10.1. The molecule has 33 heavy (non-hydrogen) atoms. The number of rotatable bonds is 9. The highest BCUT2D eigenvalue weighted by atomic mass is 32.2. The van der Waals surface area contributed by atoms with Crippen LogP contribution in [0.4, 0.5) is 8.78 Å². The summed E-state index contributed by atoms with van der Waals surface area (Å²) in [5, 5.41) is 0. The van der Waals surface area contributed by atoms with E-state index in [4.69, 9.17) is 4.74 Å². The Morgan fingerprint density at radius 2 is 1.82 bits per heavy atom. The van der Waals surface area contributed by atoms with Crippen LogP contribution >= 0.6 is 0 Å². The summed E-state index contributed by atoms with van der Waals surface area (Å²) in [6.07, 6.45) is 2.66. The molecular formula is C23H28F2N2O5S. The second kappa shape index (κ2) is 10.9. The van der Waals surface area contributed by atoms with Crippen LogP contribution in [0.1, 0.15) is 42.1 Å². The fourth-order valence-corrected chi connectivity index (χ4v) is 5.29. The Bertz CT molecular complexity index is 1070. The molecular weight excluding hydrogens is 454 g/mol. The average Bonchev–Trinajstić information content (AvgIpc) is 2.80. The minimum absolute atomic E-state index is 0.0831. The summed E-state index contributed by atoms with van der Waals surface area (Å²) in [5.41, 5.74) is 0.895. The molecule has 0 aromatic heterocycles. The van der Waals surface area contributed by atoms with Crippen molar-refractivity contribution in [1.29, 1.82) is 0 Å². The third-order valence-corrected chi connectivity index (χ3v) is 7.22. The normalized spacial score (nSPS) is 14.8. The number of nitrogens with zero attached hydrogens (tertiary/aromatic N) is 2. The molecule has 1 aliphatic rings. The minimum atomic E-state index is -3.66. The van der Waals surface area contributed by atoms with Gasteiger partial charge < -0.3 is 14.4 Å². The average molecular weight is 483 g/mol. The zero-order valence-corrected chi connectivity index (χ0v) is 19.5. The molecule has 2 aromatic rings. The Labute approximate surface area is 192 Å². The maximum Gasteiger partial charge on any atom is 0.387 e. The van der Waals surface area contributed by atoms with Gasteiger partial charge in [0.2, 0.25) is 10.0 Å². The number of benzene rings is 2. The Hall–Kier alpha value is -2.72. The summed E-state index contributed by atoms with van der Waals surface area (Å²) >= 11 is 0. The third-order valence-electron chi connectivity index (χ3n) is 5.32. The number of hydrogen-bond acceptors (Lipinski definition) is 5. The molecule has 0 N–H and O–H groups in total. The van der Waals surface area contributed by atoms with Gasteiger partial charge >= 0.3 is 6.61 Å². The minimum Gasteiger partial charge on any atom is -0.490 e. The van der Waals surface area contributed by atoms with Crippen molar-refractivity contribution < 1.29 is 31.5 Å². The van der Waals surface area contributed by atoms with Gasteiger partial charge in [-0.25, -0.2) is 8.42 Å². The van der Waals surface area contributed by atoms with E-state index in [0.29, 0.717) is 18.7 Å². The quantitative estimate of drug-likeness (QED) is 0.537. The number of carbonyl (C=O) groups is 1. The van der Waals surface area contributed by atoms with E-state index in [9.17, 15) is 22.0 Å². The fourth-order valence-electron chi connectivity index (χ4n) is 3.72. The number of ether oxygens (including phenoxy) is 2. The molecule has 1 saturated heterocycles. The molecule has 0 unspecified atom stereocenters. The van der Waals surface area contributed by atoms with Gasteiger partial charge in [0.1, 0.15) is 0 Å². The molecule has 180 valence electrons. The predicted octanol–water partition coefficient (Wildman–Crippen LogP) is 4.13. The second-order valence-corrected chi connectivity index (χ2v) is 9.68. The lowest BCUT2D eigenvalue weighted by molar-refractivity contribution is -0.0514. The summed E-state index contributed by atoms with van der Waals surface area (Å²) in [6, 6.07) is 10.5. The van der Waals surface area contributed by atoms with E-state index in [2.05, 4.69) is 4.74 Å². The Kier molecular flexibility index (Phi) is 8.25. The molecule has 10 heteroatoms. The van der Waals surface area contributed by atoms with Crippen LogP contribution < -0.4 is 9.47 Å². The second-order valence-electron chi connectivity index (χ2n) is 7.75. The molecule has 0 saturated carbocycles. The van der Waals surface area contributed by atoms with Gasteiger partial charge in [-0.05, 0) is 55.7 Å². The zero-order valence-electron chi connectivity index (χ0n) is 18.7. The number of hydrogen-bond donors (Lipinski definition) is 0. The molecule has 1 aliphatic heterocycles. The highest BCUT2D eigenvalue weighted by Crippen LogP contribution is 2.30. The Balaban J connectivity index is 1.76. The monoisotopic (exact) mass is 482 g/mol. The van der Waals surface area contributed by atoms with Crippen LogP contribution in [-0.2, 0) is 16.6 Å². The van der Waals surface area contributed by atoms with Crippen molar-refractivity contribution in [2.24, 2.45) is 0 Å². The van der Waals surface area contributed by atoms with Crippen LogP contribution in [0.2, 0.25) is 0 Å². The highest BCUT2D eigenvalue weighted by molar-refractivity contribution is 7.89. The van der Waals surface area contributed by atoms with E-state index in [0.717, 1.165) is 19.3 Å². The van der Waals surface area contributed by atoms with Crippen LogP contribution in [0.15, 0.2) is 47.4 Å². The lowest BCUT2D eigenvalue weighted by Gasteiger charge is -2.26. The fraction of sp³-hybridized carbons (Fsp3) is 0.435. The summed E-state index contributed by atoms with van der Waals surface area (Å²) in [7, 11) is -2.08. The van der Waals surface area contributed by atoms with E-state index in [1.807, 2.05) is 0 Å². The van der Waals surface area contributed by atoms with Crippen LogP contribution in [0.3, 0.4) is 0 Å². The molecule has 0 bridgehead atoms. The van der Waals surface area contributed by atoms with Crippen molar-refractivity contribution in [3.05, 3.63) is 53.6 Å². The van der Waals surface area contributed by atoms with Gasteiger partial charge in [0.25, 0.3) is 5.91 Å². The van der Waals surface area contributed by atoms with Crippen molar-refractivity contribution in [3.63, 3.8) is 0 Å². The first-order valence-corrected chi connectivity index (χ1v) is 12.2. The number of carbonyl (C=O) groups excluding carboxylic acids is 1. The van der Waals surface area contributed by atoms with Crippen molar-refractivity contribution >= 4 is 15.9 Å². The first-order chi connectivity index (χ1) is 15.7. The van der Waals surface area contributed by atoms with Gasteiger partial charge in [-0.3, -0.25) is 4.79 Å². The van der Waals surface area contributed by atoms with Crippen molar-refractivity contribution in [1.82, 2.24) is 9.21 Å². The van der Waals surface area contributed by atoms with Gasteiger partial charge in [0, 0.05) is 32.2 Å². The van der Waals surface area contributed by atoms with E-state index < -0.39 is 16.6 Å². The molecule has 0 aliphatic carbocycles. The van der Waals surface area contributed by atoms with Gasteiger partial charge in [-0.1, -0.05) is 18.6 Å². The topological polar surface area (TPSA) is 76.2 Å². The maximum absolute atomic E-state index is 13.0. The number of amides is 1. The molecule has 0 spiro atoms. The standard InChI is InChI=1S/C23H28F2N2O5S/c1-3-31-21-14-17(10-11-20(21)32-23(24)25)16-26(2)22(28)18-8-7-9-19(15-18)33(29,30)27-12-5-4-6-13-27/h7-11,14-15,23H,3-6,12-13,16H2,1-2H3. The molecule has 7 nitrogen and oxygen atoms in total. The maximum atomic E-state index is 13.0. The van der Waals surface area contributed by atoms with Crippen molar-refractivity contribution in [2.45, 2.75) is 44.2 Å². The van der Waals surface area contributed by atoms with Crippen LogP contribution in [0, 0.1) is 0 Å². The molecule has 1 fully saturated rings. The SMILES string of the molecule is CCOc1cc(CN(C)C(=O)c2cccc(S(=O)(=O)N3CCCCC3)c2)ccc1OC(F)F. The number of piperidine rings is 1. The number of sulfonamides is 1. The Morgan fingerprint density at radius 3 is 2.48 bits per heavy atom. The van der Waals surface area contributed by atoms with Crippen LogP contribution in [0.5, 0.6) is 11.5 Å². The van der Waals surface area contributed by atoms with E-state index >= 15 is 0 Å². The molecule has 1 amide bonds. The number of alkyl halides is 2. The predicted molar refractivity (Wildman–Crippen MR) is 119 cm³/mol. The highest BCUT2D eigenvalue weighted by Gasteiger charge is 2.27. The van der Waals surface area contributed by atoms with Gasteiger partial charge in [-0.15, -0.1) is 0 Å². The van der Waals surface area contributed by atoms with Gasteiger partial charge in [-0.2, -0.15) is 13.1 Å². The van der Waals surface area contributed by atoms with Crippen molar-refractivity contribution in [2.75, 3.05) is 26.7 Å². The summed E-state index contributed by atoms with van der Waals surface area (Å²) < 4.78 is 62.4. The molecule has 1 heterocycles. The largest absolute Gasteiger partial charge is 0.490 e.